The van der Waals surface area contributed by atoms with Crippen LogP contribution in [0.4, 0.5) is 0 Å². The number of hydrogen-bond donors (Lipinski definition) is 1. The Balaban J connectivity index is 3.46. The van der Waals surface area contributed by atoms with Crippen molar-refractivity contribution in [1.29, 1.82) is 0 Å². The standard InChI is InChI=1S/C11H17Cl6O4P/c12-5-1-9(2-6-13)11(16,17)10(3-7-14,4-8-15)21-22(18,19)20-9/h1-8H2,(H,18,19). The molecule has 132 valence electrons. The van der Waals surface area contributed by atoms with Gasteiger partial charge >= 0.3 is 7.82 Å². The third kappa shape index (κ3) is 4.15. The summed E-state index contributed by atoms with van der Waals surface area (Å²) in [6, 6.07) is 0. The summed E-state index contributed by atoms with van der Waals surface area (Å²) in [5.74, 6) is 0.428. The minimum atomic E-state index is -4.43. The SMILES string of the molecule is O=P1(O)OC(CCCl)(CCCl)C(Cl)(Cl)C(CCCl)(CCCl)O1. The van der Waals surface area contributed by atoms with Gasteiger partial charge in [0.25, 0.3) is 0 Å². The van der Waals surface area contributed by atoms with E-state index in [4.69, 9.17) is 78.7 Å². The molecule has 0 radical (unpaired) electrons. The molecule has 4 nitrogen and oxygen atoms in total. The van der Waals surface area contributed by atoms with Gasteiger partial charge in [-0.25, -0.2) is 4.57 Å². The largest absolute Gasteiger partial charge is 0.473 e. The quantitative estimate of drug-likeness (QED) is 0.397. The minimum Gasteiger partial charge on any atom is -0.302 e. The lowest BCUT2D eigenvalue weighted by Crippen LogP contribution is -2.66. The van der Waals surface area contributed by atoms with Crippen molar-refractivity contribution in [3.8, 4) is 0 Å². The minimum absolute atomic E-state index is 0.107. The molecule has 1 aliphatic rings. The molecule has 0 amide bonds. The maximum Gasteiger partial charge on any atom is 0.473 e. The molecule has 1 heterocycles. The third-order valence-electron chi connectivity index (χ3n) is 3.72. The molecule has 0 saturated carbocycles. The molecule has 0 aromatic heterocycles. The van der Waals surface area contributed by atoms with Crippen LogP contribution < -0.4 is 0 Å². The van der Waals surface area contributed by atoms with Crippen LogP contribution in [-0.2, 0) is 13.6 Å². The van der Waals surface area contributed by atoms with E-state index in [1.165, 1.54) is 0 Å². The monoisotopic (exact) mass is 454 g/mol. The number of phosphoric ester groups is 1. The molecule has 11 heteroatoms. The number of phosphoric acid groups is 1. The Hall–Kier alpha value is 1.85. The van der Waals surface area contributed by atoms with Crippen LogP contribution in [0, 0.1) is 0 Å². The molecule has 1 aliphatic heterocycles. The molecule has 1 fully saturated rings. The van der Waals surface area contributed by atoms with Crippen LogP contribution in [0.1, 0.15) is 25.7 Å². The Morgan fingerprint density at radius 3 is 1.27 bits per heavy atom. The maximum absolute atomic E-state index is 12.3. The number of hydrogen-bond acceptors (Lipinski definition) is 3. The summed E-state index contributed by atoms with van der Waals surface area (Å²) in [5.41, 5.74) is -2.89. The van der Waals surface area contributed by atoms with Gasteiger partial charge in [-0.15, -0.1) is 46.4 Å². The Kier molecular flexibility index (Phi) is 8.45. The summed E-state index contributed by atoms with van der Waals surface area (Å²) in [6.07, 6.45) is 0.478. The topological polar surface area (TPSA) is 55.8 Å². The van der Waals surface area contributed by atoms with Crippen LogP contribution in [-0.4, -0.2) is 43.9 Å². The predicted molar refractivity (Wildman–Crippen MR) is 93.2 cm³/mol. The zero-order valence-corrected chi connectivity index (χ0v) is 17.0. The van der Waals surface area contributed by atoms with Gasteiger partial charge < -0.3 is 4.89 Å². The lowest BCUT2D eigenvalue weighted by Gasteiger charge is -2.56. The van der Waals surface area contributed by atoms with Gasteiger partial charge in [-0.2, -0.15) is 0 Å². The van der Waals surface area contributed by atoms with Crippen molar-refractivity contribution in [2.75, 3.05) is 23.5 Å². The van der Waals surface area contributed by atoms with Gasteiger partial charge in [0.1, 0.15) is 11.2 Å². The fraction of sp³-hybridized carbons (Fsp3) is 1.00. The second kappa shape index (κ2) is 8.49. The van der Waals surface area contributed by atoms with Crippen LogP contribution >= 0.6 is 77.4 Å². The van der Waals surface area contributed by atoms with Gasteiger partial charge in [0, 0.05) is 23.5 Å². The van der Waals surface area contributed by atoms with E-state index >= 15 is 0 Å². The first-order chi connectivity index (χ1) is 10.2. The van der Waals surface area contributed by atoms with Crippen LogP contribution in [0.25, 0.3) is 0 Å². The van der Waals surface area contributed by atoms with Crippen molar-refractivity contribution in [3.63, 3.8) is 0 Å². The molecule has 0 unspecified atom stereocenters. The molecule has 0 aliphatic carbocycles. The summed E-state index contributed by atoms with van der Waals surface area (Å²) < 4.78 is 21.1. The average Bonchev–Trinajstić information content (AvgIpc) is 2.37. The van der Waals surface area contributed by atoms with Crippen molar-refractivity contribution >= 4 is 77.4 Å². The highest BCUT2D eigenvalue weighted by Gasteiger charge is 2.69. The van der Waals surface area contributed by atoms with Crippen molar-refractivity contribution in [1.82, 2.24) is 0 Å². The molecule has 0 aromatic rings. The van der Waals surface area contributed by atoms with Gasteiger partial charge in [0.05, 0.1) is 0 Å². The lowest BCUT2D eigenvalue weighted by molar-refractivity contribution is -0.127. The van der Waals surface area contributed by atoms with E-state index in [1.807, 2.05) is 0 Å². The smallest absolute Gasteiger partial charge is 0.302 e. The third-order valence-corrected chi connectivity index (χ3v) is 7.01. The highest BCUT2D eigenvalue weighted by molar-refractivity contribution is 7.47. The van der Waals surface area contributed by atoms with Gasteiger partial charge in [-0.05, 0) is 25.7 Å². The normalized spacial score (nSPS) is 25.0. The van der Waals surface area contributed by atoms with Crippen molar-refractivity contribution < 1.29 is 18.5 Å². The van der Waals surface area contributed by atoms with Crippen LogP contribution in [0.5, 0.6) is 0 Å². The van der Waals surface area contributed by atoms with Gasteiger partial charge in [0.2, 0.25) is 0 Å². The second-order valence-electron chi connectivity index (χ2n) is 4.97. The first-order valence-corrected chi connectivity index (χ1v) is 10.9. The molecule has 1 rings (SSSR count). The first kappa shape index (κ1) is 21.9. The molecule has 0 atom stereocenters. The zero-order chi connectivity index (χ0) is 17.1. The van der Waals surface area contributed by atoms with E-state index in [1.54, 1.807) is 0 Å². The Bertz CT molecular complexity index is 377. The molecule has 0 aromatic carbocycles. The van der Waals surface area contributed by atoms with Crippen molar-refractivity contribution in [3.05, 3.63) is 0 Å². The highest BCUT2D eigenvalue weighted by atomic mass is 35.5. The summed E-state index contributed by atoms with van der Waals surface area (Å²) >= 11 is 36.5. The summed E-state index contributed by atoms with van der Waals surface area (Å²) in [7, 11) is -4.43. The molecule has 0 bridgehead atoms. The Morgan fingerprint density at radius 1 is 0.773 bits per heavy atom. The van der Waals surface area contributed by atoms with Gasteiger partial charge in [-0.1, -0.05) is 23.2 Å². The summed E-state index contributed by atoms with van der Waals surface area (Å²) in [4.78, 5) is 10.0. The summed E-state index contributed by atoms with van der Waals surface area (Å²) in [6.45, 7) is 0. The Labute approximate surface area is 160 Å². The zero-order valence-electron chi connectivity index (χ0n) is 11.5. The van der Waals surface area contributed by atoms with Gasteiger partial charge in [-0.3, -0.25) is 9.05 Å². The van der Waals surface area contributed by atoms with E-state index < -0.39 is 23.4 Å². The maximum atomic E-state index is 12.3. The second-order valence-corrected chi connectivity index (χ2v) is 9.11. The number of halogens is 6. The fourth-order valence-corrected chi connectivity index (χ4v) is 6.57. The first-order valence-electron chi connectivity index (χ1n) is 6.52. The van der Waals surface area contributed by atoms with Crippen LogP contribution in [0.2, 0.25) is 0 Å². The van der Waals surface area contributed by atoms with E-state index in [2.05, 4.69) is 0 Å². The molecule has 1 N–H and O–H groups in total. The van der Waals surface area contributed by atoms with E-state index in [0.29, 0.717) is 0 Å². The van der Waals surface area contributed by atoms with E-state index in [0.717, 1.165) is 0 Å². The molecule has 22 heavy (non-hydrogen) atoms. The predicted octanol–water partition coefficient (Wildman–Crippen LogP) is 5.30. The van der Waals surface area contributed by atoms with Crippen molar-refractivity contribution in [2.24, 2.45) is 0 Å². The molecular weight excluding hydrogens is 440 g/mol. The van der Waals surface area contributed by atoms with Gasteiger partial charge in [0.15, 0.2) is 4.33 Å². The van der Waals surface area contributed by atoms with Crippen LogP contribution in [0.15, 0.2) is 0 Å². The molecule has 1 saturated heterocycles. The van der Waals surface area contributed by atoms with E-state index in [-0.39, 0.29) is 49.2 Å². The summed E-state index contributed by atoms with van der Waals surface area (Å²) in [5, 5.41) is 0. The molecule has 0 spiro atoms. The van der Waals surface area contributed by atoms with Crippen LogP contribution in [0.3, 0.4) is 0 Å². The lowest BCUT2D eigenvalue weighted by atomic mass is 9.79. The number of rotatable bonds is 8. The number of alkyl halides is 6. The fourth-order valence-electron chi connectivity index (χ4n) is 2.66. The average molecular weight is 457 g/mol. The van der Waals surface area contributed by atoms with Crippen molar-refractivity contribution in [2.45, 2.75) is 41.2 Å². The Morgan fingerprint density at radius 2 is 1.05 bits per heavy atom. The molecular formula is C11H17Cl6O4P. The highest BCUT2D eigenvalue weighted by Crippen LogP contribution is 2.68. The van der Waals surface area contributed by atoms with E-state index in [9.17, 15) is 9.46 Å².